The molecule has 0 bridgehead atoms. The first-order chi connectivity index (χ1) is 11.9. The van der Waals surface area contributed by atoms with Crippen LogP contribution in [0.3, 0.4) is 0 Å². The Labute approximate surface area is 146 Å². The zero-order valence-electron chi connectivity index (χ0n) is 14.3. The van der Waals surface area contributed by atoms with Crippen molar-refractivity contribution < 1.29 is 24.9 Å². The number of aliphatic hydroxyl groups excluding tert-OH is 1. The summed E-state index contributed by atoms with van der Waals surface area (Å²) in [6.07, 6.45) is -1.22. The molecule has 6 nitrogen and oxygen atoms in total. The molecule has 0 amide bonds. The molecule has 0 fully saturated rings. The second kappa shape index (κ2) is 8.50. The highest BCUT2D eigenvalue weighted by Crippen LogP contribution is 2.30. The Balaban J connectivity index is 2.27. The van der Waals surface area contributed by atoms with Crippen LogP contribution in [-0.2, 0) is 16.1 Å². The van der Waals surface area contributed by atoms with Crippen molar-refractivity contribution in [2.24, 2.45) is 0 Å². The number of hydrogen-bond donors (Lipinski definition) is 3. The zero-order chi connectivity index (χ0) is 18.4. The van der Waals surface area contributed by atoms with Crippen LogP contribution in [0.2, 0.25) is 0 Å². The molecule has 0 saturated heterocycles. The molecular formula is C19H23NO5. The van der Waals surface area contributed by atoms with E-state index in [9.17, 15) is 20.1 Å². The van der Waals surface area contributed by atoms with Gasteiger partial charge in [-0.25, -0.2) is 0 Å². The minimum atomic E-state index is -1.22. The number of benzene rings is 2. The van der Waals surface area contributed by atoms with Crippen molar-refractivity contribution in [1.82, 2.24) is 4.90 Å². The standard InChI is InChI=1S/C19H23NO5/c1-3-25-19(24)17(20(2)12-13-7-5-4-6-8-13)18(23)14-9-10-15(21)16(22)11-14/h4-11,17-18,21-23H,3,12H2,1-2H3/t17-,18?/m0/s1. The quantitative estimate of drug-likeness (QED) is 0.526. The number of phenols is 2. The van der Waals surface area contributed by atoms with Gasteiger partial charge in [0.25, 0.3) is 0 Å². The SMILES string of the molecule is CCOC(=O)[C@H](C(O)c1ccc(O)c(O)c1)N(C)Cc1ccccc1. The Morgan fingerprint density at radius 2 is 1.80 bits per heavy atom. The monoisotopic (exact) mass is 345 g/mol. The van der Waals surface area contributed by atoms with E-state index >= 15 is 0 Å². The first kappa shape index (κ1) is 18.8. The Kier molecular flexibility index (Phi) is 6.38. The molecule has 0 radical (unpaired) electrons. The molecule has 0 aliphatic heterocycles. The van der Waals surface area contributed by atoms with Gasteiger partial charge in [-0.3, -0.25) is 9.69 Å². The van der Waals surface area contributed by atoms with E-state index in [1.54, 1.807) is 18.9 Å². The number of aromatic hydroxyl groups is 2. The molecule has 6 heteroatoms. The van der Waals surface area contributed by atoms with Crippen molar-refractivity contribution in [3.05, 3.63) is 59.7 Å². The van der Waals surface area contributed by atoms with Crippen LogP contribution in [0.4, 0.5) is 0 Å². The van der Waals surface area contributed by atoms with Gasteiger partial charge in [-0.05, 0) is 37.2 Å². The molecule has 2 aromatic rings. The van der Waals surface area contributed by atoms with Crippen LogP contribution in [0.25, 0.3) is 0 Å². The highest BCUT2D eigenvalue weighted by atomic mass is 16.5. The van der Waals surface area contributed by atoms with Crippen LogP contribution >= 0.6 is 0 Å². The van der Waals surface area contributed by atoms with Gasteiger partial charge in [0.05, 0.1) is 6.61 Å². The minimum Gasteiger partial charge on any atom is -0.504 e. The number of carbonyl (C=O) groups excluding carboxylic acids is 1. The Hall–Kier alpha value is -2.57. The molecule has 2 aromatic carbocycles. The summed E-state index contributed by atoms with van der Waals surface area (Å²) < 4.78 is 5.11. The second-order valence-electron chi connectivity index (χ2n) is 5.79. The van der Waals surface area contributed by atoms with Crippen molar-refractivity contribution in [2.45, 2.75) is 25.6 Å². The highest BCUT2D eigenvalue weighted by Gasteiger charge is 2.33. The van der Waals surface area contributed by atoms with Crippen molar-refractivity contribution in [1.29, 1.82) is 0 Å². The van der Waals surface area contributed by atoms with Crippen molar-refractivity contribution in [2.75, 3.05) is 13.7 Å². The number of nitrogens with zero attached hydrogens (tertiary/aromatic N) is 1. The molecule has 0 saturated carbocycles. The van der Waals surface area contributed by atoms with Crippen LogP contribution in [0.1, 0.15) is 24.2 Å². The Morgan fingerprint density at radius 3 is 2.40 bits per heavy atom. The summed E-state index contributed by atoms with van der Waals surface area (Å²) in [4.78, 5) is 14.1. The number of phenolic OH excluding ortho intramolecular Hbond substituents is 2. The lowest BCUT2D eigenvalue weighted by atomic mass is 10.00. The predicted octanol–water partition coefficient (Wildman–Crippen LogP) is 2.19. The van der Waals surface area contributed by atoms with Gasteiger partial charge in [-0.1, -0.05) is 36.4 Å². The van der Waals surface area contributed by atoms with Gasteiger partial charge in [-0.15, -0.1) is 0 Å². The van der Waals surface area contributed by atoms with Crippen LogP contribution in [0.5, 0.6) is 11.5 Å². The number of aliphatic hydroxyl groups is 1. The first-order valence-electron chi connectivity index (χ1n) is 8.04. The molecular weight excluding hydrogens is 322 g/mol. The summed E-state index contributed by atoms with van der Waals surface area (Å²) in [6.45, 7) is 2.33. The lowest BCUT2D eigenvalue weighted by molar-refractivity contribution is -0.154. The van der Waals surface area contributed by atoms with Crippen LogP contribution in [0.15, 0.2) is 48.5 Å². The number of esters is 1. The average Bonchev–Trinajstić information content (AvgIpc) is 2.58. The molecule has 0 aliphatic carbocycles. The second-order valence-corrected chi connectivity index (χ2v) is 5.79. The molecule has 2 atom stereocenters. The fourth-order valence-electron chi connectivity index (χ4n) is 2.65. The summed E-state index contributed by atoms with van der Waals surface area (Å²) in [6, 6.07) is 12.6. The number of ether oxygens (including phenoxy) is 1. The topological polar surface area (TPSA) is 90.2 Å². The van der Waals surface area contributed by atoms with Gasteiger partial charge < -0.3 is 20.1 Å². The van der Waals surface area contributed by atoms with E-state index in [1.165, 1.54) is 18.2 Å². The Bertz CT molecular complexity index is 704. The van der Waals surface area contributed by atoms with E-state index < -0.39 is 18.1 Å². The van der Waals surface area contributed by atoms with E-state index in [-0.39, 0.29) is 18.1 Å². The number of carbonyl (C=O) groups is 1. The molecule has 3 N–H and O–H groups in total. The fraction of sp³-hybridized carbons (Fsp3) is 0.316. The molecule has 0 aliphatic rings. The smallest absolute Gasteiger partial charge is 0.326 e. The van der Waals surface area contributed by atoms with E-state index in [2.05, 4.69) is 0 Å². The average molecular weight is 345 g/mol. The van der Waals surface area contributed by atoms with E-state index in [4.69, 9.17) is 4.74 Å². The normalized spacial score (nSPS) is 13.4. The predicted molar refractivity (Wildman–Crippen MR) is 93.1 cm³/mol. The number of likely N-dealkylation sites (N-methyl/N-ethyl adjacent to an activating group) is 1. The molecule has 2 rings (SSSR count). The summed E-state index contributed by atoms with van der Waals surface area (Å²) in [5.41, 5.74) is 1.30. The maximum Gasteiger partial charge on any atom is 0.326 e. The van der Waals surface area contributed by atoms with Crippen LogP contribution in [0, 0.1) is 0 Å². The van der Waals surface area contributed by atoms with Crippen molar-refractivity contribution in [3.63, 3.8) is 0 Å². The fourth-order valence-corrected chi connectivity index (χ4v) is 2.65. The third-order valence-electron chi connectivity index (χ3n) is 3.92. The molecule has 1 unspecified atom stereocenters. The van der Waals surface area contributed by atoms with Crippen molar-refractivity contribution >= 4 is 5.97 Å². The number of hydrogen-bond acceptors (Lipinski definition) is 6. The summed E-state index contributed by atoms with van der Waals surface area (Å²) in [5, 5.41) is 29.8. The summed E-state index contributed by atoms with van der Waals surface area (Å²) in [5.74, 6) is -1.20. The molecule has 0 spiro atoms. The molecule has 0 aromatic heterocycles. The minimum absolute atomic E-state index is 0.196. The van der Waals surface area contributed by atoms with E-state index in [1.807, 2.05) is 30.3 Å². The third-order valence-corrected chi connectivity index (χ3v) is 3.92. The molecule has 134 valence electrons. The molecule has 0 heterocycles. The maximum atomic E-state index is 12.4. The van der Waals surface area contributed by atoms with Gasteiger partial charge in [0, 0.05) is 6.54 Å². The van der Waals surface area contributed by atoms with Crippen LogP contribution in [-0.4, -0.2) is 45.9 Å². The summed E-state index contributed by atoms with van der Waals surface area (Å²) in [7, 11) is 1.72. The highest BCUT2D eigenvalue weighted by molar-refractivity contribution is 5.77. The van der Waals surface area contributed by atoms with E-state index in [0.717, 1.165) is 5.56 Å². The maximum absolute atomic E-state index is 12.4. The van der Waals surface area contributed by atoms with E-state index in [0.29, 0.717) is 12.1 Å². The van der Waals surface area contributed by atoms with Gasteiger partial charge in [-0.2, -0.15) is 0 Å². The third kappa shape index (κ3) is 4.71. The first-order valence-corrected chi connectivity index (χ1v) is 8.04. The summed E-state index contributed by atoms with van der Waals surface area (Å²) >= 11 is 0. The zero-order valence-corrected chi connectivity index (χ0v) is 14.3. The lowest BCUT2D eigenvalue weighted by Crippen LogP contribution is -2.43. The lowest BCUT2D eigenvalue weighted by Gasteiger charge is -2.30. The number of rotatable bonds is 7. The van der Waals surface area contributed by atoms with Gasteiger partial charge >= 0.3 is 5.97 Å². The van der Waals surface area contributed by atoms with Gasteiger partial charge in [0.15, 0.2) is 11.5 Å². The molecule has 25 heavy (non-hydrogen) atoms. The Morgan fingerprint density at radius 1 is 1.12 bits per heavy atom. The van der Waals surface area contributed by atoms with Gasteiger partial charge in [0.1, 0.15) is 12.1 Å². The van der Waals surface area contributed by atoms with Crippen LogP contribution < -0.4 is 0 Å². The van der Waals surface area contributed by atoms with Crippen molar-refractivity contribution in [3.8, 4) is 11.5 Å². The van der Waals surface area contributed by atoms with Gasteiger partial charge in [0.2, 0.25) is 0 Å². The largest absolute Gasteiger partial charge is 0.504 e.